The van der Waals surface area contributed by atoms with E-state index >= 15 is 0 Å². The van der Waals surface area contributed by atoms with Gasteiger partial charge >= 0.3 is 0 Å². The highest BCUT2D eigenvalue weighted by molar-refractivity contribution is 7.09. The summed E-state index contributed by atoms with van der Waals surface area (Å²) in [5.41, 5.74) is 4.22. The van der Waals surface area contributed by atoms with Gasteiger partial charge in [0, 0.05) is 10.9 Å². The molecule has 1 nitrogen and oxygen atoms in total. The Bertz CT molecular complexity index is 510. The highest BCUT2D eigenvalue weighted by Gasteiger charge is 2.09. The lowest BCUT2D eigenvalue weighted by Gasteiger charge is -2.18. The fourth-order valence-electron chi connectivity index (χ4n) is 3.01. The Hall–Kier alpha value is -1.12. The van der Waals surface area contributed by atoms with Gasteiger partial charge in [-0.25, -0.2) is 0 Å². The van der Waals surface area contributed by atoms with E-state index in [0.717, 1.165) is 13.0 Å². The Labute approximate surface area is 133 Å². The van der Waals surface area contributed by atoms with E-state index < -0.39 is 0 Å². The summed E-state index contributed by atoms with van der Waals surface area (Å²) in [5, 5.41) is 5.83. The molecule has 0 fully saturated rings. The van der Waals surface area contributed by atoms with Gasteiger partial charge in [0.1, 0.15) is 0 Å². The lowest BCUT2D eigenvalue weighted by Crippen LogP contribution is -2.31. The topological polar surface area (TPSA) is 12.0 Å². The molecule has 2 rings (SSSR count). The molecule has 0 amide bonds. The van der Waals surface area contributed by atoms with Crippen LogP contribution >= 0.6 is 11.3 Å². The van der Waals surface area contributed by atoms with E-state index in [9.17, 15) is 0 Å². The number of hydrogen-bond acceptors (Lipinski definition) is 2. The normalized spacial score (nSPS) is 12.5. The summed E-state index contributed by atoms with van der Waals surface area (Å²) >= 11 is 1.88. The maximum absolute atomic E-state index is 3.65. The van der Waals surface area contributed by atoms with Crippen LogP contribution in [0.5, 0.6) is 0 Å². The van der Waals surface area contributed by atoms with Gasteiger partial charge in [0.2, 0.25) is 0 Å². The molecule has 1 unspecified atom stereocenters. The molecule has 2 aromatic rings. The minimum atomic E-state index is 0.594. The van der Waals surface area contributed by atoms with Crippen LogP contribution in [0.3, 0.4) is 0 Å². The van der Waals surface area contributed by atoms with Crippen molar-refractivity contribution < 1.29 is 0 Å². The molecule has 0 aliphatic rings. The van der Waals surface area contributed by atoms with Crippen LogP contribution in [0.15, 0.2) is 35.7 Å². The van der Waals surface area contributed by atoms with E-state index in [1.54, 1.807) is 0 Å². The van der Waals surface area contributed by atoms with Gasteiger partial charge in [-0.15, -0.1) is 11.3 Å². The maximum atomic E-state index is 3.65. The third-order valence-corrected chi connectivity index (χ3v) is 4.75. The van der Waals surface area contributed by atoms with Gasteiger partial charge in [0.05, 0.1) is 0 Å². The highest BCUT2D eigenvalue weighted by Crippen LogP contribution is 2.16. The van der Waals surface area contributed by atoms with E-state index in [4.69, 9.17) is 0 Å². The number of likely N-dealkylation sites (N-methyl/N-ethyl adjacent to an activating group) is 1. The summed E-state index contributed by atoms with van der Waals surface area (Å²) in [4.78, 5) is 1.51. The molecular formula is C19H27NS. The van der Waals surface area contributed by atoms with Crippen molar-refractivity contribution in [2.45, 2.75) is 52.5 Å². The molecule has 0 radical (unpaired) electrons. The molecule has 1 heterocycles. The van der Waals surface area contributed by atoms with Crippen LogP contribution < -0.4 is 5.32 Å². The maximum Gasteiger partial charge on any atom is 0.0107 e. The molecule has 0 saturated carbocycles. The van der Waals surface area contributed by atoms with Gasteiger partial charge in [0.25, 0.3) is 0 Å². The standard InChI is InChI=1S/C19H27NS/c1-4-20-18(7-5-8-19-9-6-10-21-19)14-17-12-15(2)11-16(3)13-17/h6,9-13,18,20H,4-5,7-8,14H2,1-3H3. The van der Waals surface area contributed by atoms with Crippen molar-refractivity contribution in [1.82, 2.24) is 5.32 Å². The number of thiophene rings is 1. The van der Waals surface area contributed by atoms with Gasteiger partial charge in [-0.1, -0.05) is 42.3 Å². The Balaban J connectivity index is 1.88. The molecule has 1 aromatic carbocycles. The van der Waals surface area contributed by atoms with Gasteiger partial charge < -0.3 is 5.32 Å². The molecular weight excluding hydrogens is 274 g/mol. The van der Waals surface area contributed by atoms with Crippen molar-refractivity contribution in [3.63, 3.8) is 0 Å². The van der Waals surface area contributed by atoms with Gasteiger partial charge in [0.15, 0.2) is 0 Å². The lowest BCUT2D eigenvalue weighted by atomic mass is 9.98. The number of rotatable bonds is 8. The van der Waals surface area contributed by atoms with E-state index in [0.29, 0.717) is 6.04 Å². The van der Waals surface area contributed by atoms with Crippen molar-refractivity contribution in [2.75, 3.05) is 6.54 Å². The third kappa shape index (κ3) is 5.64. The zero-order valence-corrected chi connectivity index (χ0v) is 14.3. The minimum Gasteiger partial charge on any atom is -0.314 e. The second kappa shape index (κ2) is 8.35. The summed E-state index contributed by atoms with van der Waals surface area (Å²) in [6.07, 6.45) is 4.87. The molecule has 0 bridgehead atoms. The Morgan fingerprint density at radius 3 is 2.52 bits per heavy atom. The van der Waals surface area contributed by atoms with E-state index in [1.165, 1.54) is 40.8 Å². The summed E-state index contributed by atoms with van der Waals surface area (Å²) in [5.74, 6) is 0. The number of nitrogens with one attached hydrogen (secondary N) is 1. The fourth-order valence-corrected chi connectivity index (χ4v) is 3.77. The van der Waals surface area contributed by atoms with Crippen LogP contribution in [0, 0.1) is 13.8 Å². The first-order valence-electron chi connectivity index (χ1n) is 8.00. The Morgan fingerprint density at radius 1 is 1.14 bits per heavy atom. The van der Waals surface area contributed by atoms with E-state index in [-0.39, 0.29) is 0 Å². The van der Waals surface area contributed by atoms with Crippen molar-refractivity contribution in [1.29, 1.82) is 0 Å². The summed E-state index contributed by atoms with van der Waals surface area (Å²) < 4.78 is 0. The van der Waals surface area contributed by atoms with Crippen LogP contribution in [-0.4, -0.2) is 12.6 Å². The summed E-state index contributed by atoms with van der Waals surface area (Å²) in [6, 6.07) is 11.9. The SMILES string of the molecule is CCNC(CCCc1cccs1)Cc1cc(C)cc(C)c1. The predicted octanol–water partition coefficient (Wildman–Crippen LogP) is 4.91. The lowest BCUT2D eigenvalue weighted by molar-refractivity contribution is 0.477. The summed E-state index contributed by atoms with van der Waals surface area (Å²) in [6.45, 7) is 7.63. The smallest absolute Gasteiger partial charge is 0.0107 e. The second-order valence-electron chi connectivity index (χ2n) is 5.93. The minimum absolute atomic E-state index is 0.594. The van der Waals surface area contributed by atoms with Crippen LogP contribution in [0.2, 0.25) is 0 Å². The first kappa shape index (κ1) is 16.3. The first-order chi connectivity index (χ1) is 10.2. The second-order valence-corrected chi connectivity index (χ2v) is 6.96. The predicted molar refractivity (Wildman–Crippen MR) is 94.3 cm³/mol. The highest BCUT2D eigenvalue weighted by atomic mass is 32.1. The van der Waals surface area contributed by atoms with Crippen molar-refractivity contribution in [3.05, 3.63) is 57.3 Å². The van der Waals surface area contributed by atoms with Gasteiger partial charge in [-0.05, 0) is 63.1 Å². The zero-order chi connectivity index (χ0) is 15.1. The summed E-state index contributed by atoms with van der Waals surface area (Å²) in [7, 11) is 0. The zero-order valence-electron chi connectivity index (χ0n) is 13.5. The van der Waals surface area contributed by atoms with Gasteiger partial charge in [-0.3, -0.25) is 0 Å². The molecule has 0 saturated heterocycles. The van der Waals surface area contributed by atoms with Crippen molar-refractivity contribution in [2.24, 2.45) is 0 Å². The van der Waals surface area contributed by atoms with Crippen LogP contribution in [0.25, 0.3) is 0 Å². The number of benzene rings is 1. The number of hydrogen-bond donors (Lipinski definition) is 1. The van der Waals surface area contributed by atoms with E-state index in [1.807, 2.05) is 11.3 Å². The van der Waals surface area contributed by atoms with Gasteiger partial charge in [-0.2, -0.15) is 0 Å². The molecule has 0 spiro atoms. The molecule has 1 aromatic heterocycles. The monoisotopic (exact) mass is 301 g/mol. The molecule has 0 aliphatic carbocycles. The van der Waals surface area contributed by atoms with E-state index in [2.05, 4.69) is 61.8 Å². The van der Waals surface area contributed by atoms with Crippen molar-refractivity contribution >= 4 is 11.3 Å². The Kier molecular flexibility index (Phi) is 6.47. The Morgan fingerprint density at radius 2 is 1.90 bits per heavy atom. The molecule has 0 aliphatic heterocycles. The first-order valence-corrected chi connectivity index (χ1v) is 8.88. The van der Waals surface area contributed by atoms with Crippen LogP contribution in [0.4, 0.5) is 0 Å². The molecule has 1 N–H and O–H groups in total. The molecule has 1 atom stereocenters. The quantitative estimate of drug-likeness (QED) is 0.730. The van der Waals surface area contributed by atoms with Crippen LogP contribution in [-0.2, 0) is 12.8 Å². The molecule has 114 valence electrons. The van der Waals surface area contributed by atoms with Crippen LogP contribution in [0.1, 0.15) is 41.3 Å². The average Bonchev–Trinajstić information content (AvgIpc) is 2.91. The molecule has 21 heavy (non-hydrogen) atoms. The van der Waals surface area contributed by atoms with Crippen molar-refractivity contribution in [3.8, 4) is 0 Å². The average molecular weight is 301 g/mol. The fraction of sp³-hybridized carbons (Fsp3) is 0.474. The largest absolute Gasteiger partial charge is 0.314 e. The molecule has 2 heteroatoms. The third-order valence-electron chi connectivity index (χ3n) is 3.81. The number of aryl methyl sites for hydroxylation is 3.